The van der Waals surface area contributed by atoms with Crippen molar-refractivity contribution in [2.75, 3.05) is 6.61 Å². The topological polar surface area (TPSA) is 34.4 Å². The van der Waals surface area contributed by atoms with Crippen LogP contribution in [0.5, 0.6) is 0 Å². The molecule has 0 amide bonds. The zero-order valence-corrected chi connectivity index (χ0v) is 16.1. The van der Waals surface area contributed by atoms with Crippen LogP contribution in [0.3, 0.4) is 0 Å². The largest absolute Gasteiger partial charge is 0.465 e. The van der Waals surface area contributed by atoms with Gasteiger partial charge in [0, 0.05) is 21.2 Å². The molecule has 0 aliphatic heterocycles. The molecule has 120 valence electrons. The number of hydrogen-bond acceptors (Lipinski definition) is 4. The summed E-state index contributed by atoms with van der Waals surface area (Å²) in [6.07, 6.45) is 0. The van der Waals surface area contributed by atoms with Crippen molar-refractivity contribution in [1.82, 2.24) is 5.32 Å². The van der Waals surface area contributed by atoms with Crippen molar-refractivity contribution >= 4 is 30.4 Å². The molecule has 0 aliphatic rings. The summed E-state index contributed by atoms with van der Waals surface area (Å²) in [6, 6.07) is 12.7. The zero-order valence-electron chi connectivity index (χ0n) is 13.1. The Hall–Kier alpha value is -0.500. The predicted molar refractivity (Wildman–Crippen MR) is 101 cm³/mol. The quantitative estimate of drug-likeness (QED) is 0.439. The van der Waals surface area contributed by atoms with Gasteiger partial charge >= 0.3 is 0 Å². The molecule has 0 spiro atoms. The van der Waals surface area contributed by atoms with Crippen molar-refractivity contribution in [3.05, 3.63) is 59.0 Å². The van der Waals surface area contributed by atoms with E-state index in [2.05, 4.69) is 70.7 Å². The van der Waals surface area contributed by atoms with Crippen molar-refractivity contribution in [2.45, 2.75) is 39.3 Å². The fourth-order valence-corrected chi connectivity index (χ4v) is 3.12. The van der Waals surface area contributed by atoms with Crippen LogP contribution in [-0.2, 0) is 10.7 Å². The lowest BCUT2D eigenvalue weighted by atomic mass is 10.0. The molecule has 2 rings (SSSR count). The van der Waals surface area contributed by atoms with Crippen molar-refractivity contribution in [3.63, 3.8) is 0 Å². The SMILES string of the molecule is Cc1oc(CN[C@@H](COSI)c2ccccc2)cc1C(C)C. The summed E-state index contributed by atoms with van der Waals surface area (Å²) in [4.78, 5) is 0. The molecule has 3 nitrogen and oxygen atoms in total. The Balaban J connectivity index is 2.03. The third-order valence-corrected chi connectivity index (χ3v) is 4.62. The van der Waals surface area contributed by atoms with E-state index >= 15 is 0 Å². The number of halogens is 1. The van der Waals surface area contributed by atoms with Crippen LogP contribution in [0, 0.1) is 6.92 Å². The summed E-state index contributed by atoms with van der Waals surface area (Å²) in [5.41, 5.74) is 2.51. The maximum Gasteiger partial charge on any atom is 0.118 e. The van der Waals surface area contributed by atoms with Crippen molar-refractivity contribution in [2.24, 2.45) is 0 Å². The maximum atomic E-state index is 5.86. The average Bonchev–Trinajstić information content (AvgIpc) is 2.89. The molecule has 0 unspecified atom stereocenters. The lowest BCUT2D eigenvalue weighted by molar-refractivity contribution is 0.303. The Bertz CT molecular complexity index is 571. The highest BCUT2D eigenvalue weighted by Gasteiger charge is 2.14. The monoisotopic (exact) mass is 431 g/mol. The highest BCUT2D eigenvalue weighted by atomic mass is 127. The lowest BCUT2D eigenvalue weighted by Gasteiger charge is -2.17. The van der Waals surface area contributed by atoms with Crippen LogP contribution in [0.15, 0.2) is 40.8 Å². The van der Waals surface area contributed by atoms with Gasteiger partial charge in [0.15, 0.2) is 0 Å². The minimum absolute atomic E-state index is 0.149. The van der Waals surface area contributed by atoms with E-state index < -0.39 is 0 Å². The third-order valence-electron chi connectivity index (χ3n) is 3.63. The number of furan rings is 1. The van der Waals surface area contributed by atoms with Gasteiger partial charge in [-0.3, -0.25) is 0 Å². The predicted octanol–water partition coefficient (Wildman–Crippen LogP) is 5.56. The number of nitrogens with one attached hydrogen (secondary N) is 1. The van der Waals surface area contributed by atoms with Crippen LogP contribution in [0.1, 0.15) is 48.5 Å². The van der Waals surface area contributed by atoms with Crippen LogP contribution >= 0.6 is 30.4 Å². The second-order valence-electron chi connectivity index (χ2n) is 5.57. The summed E-state index contributed by atoms with van der Waals surface area (Å²) >= 11 is 2.14. The molecule has 0 radical (unpaired) electrons. The molecule has 0 fully saturated rings. The molecule has 0 saturated carbocycles. The first kappa shape index (κ1) is 17.8. The molecule has 1 aromatic heterocycles. The van der Waals surface area contributed by atoms with Crippen LogP contribution in [0.2, 0.25) is 0 Å². The minimum atomic E-state index is 0.149. The van der Waals surface area contributed by atoms with Gasteiger partial charge in [-0.15, -0.1) is 0 Å². The van der Waals surface area contributed by atoms with Gasteiger partial charge in [0.25, 0.3) is 0 Å². The summed E-state index contributed by atoms with van der Waals surface area (Å²) in [7, 11) is 1.36. The van der Waals surface area contributed by atoms with E-state index in [1.165, 1.54) is 20.3 Å². The van der Waals surface area contributed by atoms with Gasteiger partial charge in [0.05, 0.1) is 28.4 Å². The molecule has 0 saturated heterocycles. The van der Waals surface area contributed by atoms with Gasteiger partial charge < -0.3 is 13.9 Å². The molecule has 0 bridgehead atoms. The lowest BCUT2D eigenvalue weighted by Crippen LogP contribution is -2.24. The molecule has 1 aromatic carbocycles. The van der Waals surface area contributed by atoms with E-state index in [9.17, 15) is 0 Å². The number of benzene rings is 1. The first-order valence-corrected chi connectivity index (χ1v) is 10.7. The standard InChI is InChI=1S/C17H22INO2S/c1-12(2)16-9-15(21-13(16)3)10-19-17(11-20-22-18)14-7-5-4-6-8-14/h4-9,12,17,19H,10-11H2,1-3H3/t17-/m0/s1. The Morgan fingerprint density at radius 3 is 2.59 bits per heavy atom. The summed E-state index contributed by atoms with van der Waals surface area (Å²) < 4.78 is 11.4. The van der Waals surface area contributed by atoms with Gasteiger partial charge in [-0.2, -0.15) is 0 Å². The Labute approximate surface area is 149 Å². The molecule has 0 aliphatic carbocycles. The van der Waals surface area contributed by atoms with E-state index in [4.69, 9.17) is 8.60 Å². The van der Waals surface area contributed by atoms with Crippen LogP contribution in [0.4, 0.5) is 0 Å². The first-order valence-electron chi connectivity index (χ1n) is 7.39. The van der Waals surface area contributed by atoms with Gasteiger partial charge in [0.1, 0.15) is 11.5 Å². The first-order chi connectivity index (χ1) is 10.6. The summed E-state index contributed by atoms with van der Waals surface area (Å²) in [5.74, 6) is 2.48. The smallest absolute Gasteiger partial charge is 0.118 e. The van der Waals surface area contributed by atoms with E-state index in [-0.39, 0.29) is 6.04 Å². The van der Waals surface area contributed by atoms with Gasteiger partial charge in [-0.1, -0.05) is 44.2 Å². The highest BCUT2D eigenvalue weighted by Crippen LogP contribution is 2.24. The molecule has 5 heteroatoms. The van der Waals surface area contributed by atoms with Gasteiger partial charge in [-0.25, -0.2) is 0 Å². The zero-order chi connectivity index (χ0) is 15.9. The second-order valence-corrected chi connectivity index (χ2v) is 7.01. The van der Waals surface area contributed by atoms with Gasteiger partial charge in [-0.05, 0) is 30.0 Å². The second kappa shape index (κ2) is 8.96. The van der Waals surface area contributed by atoms with Crippen LogP contribution in [0.25, 0.3) is 0 Å². The Morgan fingerprint density at radius 1 is 1.27 bits per heavy atom. The molecule has 1 atom stereocenters. The number of aryl methyl sites for hydroxylation is 1. The molecule has 1 N–H and O–H groups in total. The Morgan fingerprint density at radius 2 is 2.00 bits per heavy atom. The fraction of sp³-hybridized carbons (Fsp3) is 0.412. The minimum Gasteiger partial charge on any atom is -0.465 e. The van der Waals surface area contributed by atoms with Crippen LogP contribution in [-0.4, -0.2) is 6.61 Å². The summed E-state index contributed by atoms with van der Waals surface area (Å²) in [6.45, 7) is 7.72. The van der Waals surface area contributed by atoms with Crippen molar-refractivity contribution in [1.29, 1.82) is 0 Å². The molecule has 22 heavy (non-hydrogen) atoms. The number of hydrogen-bond donors (Lipinski definition) is 1. The number of rotatable bonds is 8. The van der Waals surface area contributed by atoms with Gasteiger partial charge in [0.2, 0.25) is 0 Å². The van der Waals surface area contributed by atoms with E-state index in [0.29, 0.717) is 19.1 Å². The van der Waals surface area contributed by atoms with Crippen molar-refractivity contribution < 1.29 is 8.60 Å². The van der Waals surface area contributed by atoms with E-state index in [1.54, 1.807) is 0 Å². The molecular weight excluding hydrogens is 409 g/mol. The molecule has 1 heterocycles. The molecular formula is C17H22INO2S. The fourth-order valence-electron chi connectivity index (χ4n) is 2.50. The average molecular weight is 431 g/mol. The highest BCUT2D eigenvalue weighted by molar-refractivity contribution is 14.2. The van der Waals surface area contributed by atoms with Crippen molar-refractivity contribution in [3.8, 4) is 0 Å². The van der Waals surface area contributed by atoms with E-state index in [0.717, 1.165) is 11.5 Å². The summed E-state index contributed by atoms with van der Waals surface area (Å²) in [5, 5.41) is 3.53. The van der Waals surface area contributed by atoms with Crippen LogP contribution < -0.4 is 5.32 Å². The maximum absolute atomic E-state index is 5.86. The van der Waals surface area contributed by atoms with E-state index in [1.807, 2.05) is 13.0 Å². The normalized spacial score (nSPS) is 12.8. The Kier molecular flexibility index (Phi) is 7.27. The molecule has 2 aromatic rings. The third kappa shape index (κ3) is 5.01.